The first-order valence-electron chi connectivity index (χ1n) is 5.69. The maximum atomic E-state index is 11.0. The number of aliphatic hydroxyl groups is 1. The summed E-state index contributed by atoms with van der Waals surface area (Å²) < 4.78 is 0. The fourth-order valence-corrected chi connectivity index (χ4v) is 1.42. The summed E-state index contributed by atoms with van der Waals surface area (Å²) in [6, 6.07) is 0.121. The number of rotatable bonds is 6. The van der Waals surface area contributed by atoms with Crippen LogP contribution in [0.25, 0.3) is 0 Å². The van der Waals surface area contributed by atoms with Gasteiger partial charge in [0.25, 0.3) is 0 Å². The molecule has 0 heterocycles. The third-order valence-corrected chi connectivity index (χ3v) is 2.83. The first-order chi connectivity index (χ1) is 7.11. The Kier molecular flexibility index (Phi) is 5.42. The van der Waals surface area contributed by atoms with Gasteiger partial charge in [0.05, 0.1) is 5.41 Å². The van der Waals surface area contributed by atoms with Crippen LogP contribution in [-0.4, -0.2) is 35.4 Å². The molecule has 0 aliphatic heterocycles. The number of hydrogen-bond donors (Lipinski definition) is 3. The van der Waals surface area contributed by atoms with Crippen LogP contribution in [-0.2, 0) is 4.79 Å². The molecular weight excluding hydrogens is 206 g/mol. The Labute approximate surface area is 98.1 Å². The summed E-state index contributed by atoms with van der Waals surface area (Å²) in [4.78, 5) is 11.0. The van der Waals surface area contributed by atoms with Crippen LogP contribution in [0.5, 0.6) is 0 Å². The van der Waals surface area contributed by atoms with Crippen molar-refractivity contribution in [3.05, 3.63) is 0 Å². The lowest BCUT2D eigenvalue weighted by Gasteiger charge is -2.33. The van der Waals surface area contributed by atoms with E-state index in [1.165, 1.54) is 0 Å². The van der Waals surface area contributed by atoms with Gasteiger partial charge in [-0.25, -0.2) is 0 Å². The van der Waals surface area contributed by atoms with Crippen LogP contribution in [0.4, 0.5) is 0 Å². The maximum Gasteiger partial charge on any atom is 0.310 e. The van der Waals surface area contributed by atoms with Gasteiger partial charge < -0.3 is 15.5 Å². The topological polar surface area (TPSA) is 69.6 Å². The highest BCUT2D eigenvalue weighted by Crippen LogP contribution is 2.23. The first kappa shape index (κ1) is 15.4. The Morgan fingerprint density at radius 1 is 1.25 bits per heavy atom. The van der Waals surface area contributed by atoms with E-state index >= 15 is 0 Å². The van der Waals surface area contributed by atoms with Gasteiger partial charge >= 0.3 is 5.97 Å². The second-order valence-corrected chi connectivity index (χ2v) is 6.00. The molecule has 0 spiro atoms. The molecule has 1 unspecified atom stereocenters. The molecule has 0 rings (SSSR count). The van der Waals surface area contributed by atoms with Crippen molar-refractivity contribution >= 4 is 5.97 Å². The van der Waals surface area contributed by atoms with E-state index in [1.54, 1.807) is 13.8 Å². The van der Waals surface area contributed by atoms with Crippen LogP contribution in [0.3, 0.4) is 0 Å². The second kappa shape index (κ2) is 5.64. The van der Waals surface area contributed by atoms with Gasteiger partial charge in [-0.05, 0) is 25.7 Å². The van der Waals surface area contributed by atoms with Crippen molar-refractivity contribution in [2.45, 2.75) is 47.1 Å². The lowest BCUT2D eigenvalue weighted by atomic mass is 9.83. The van der Waals surface area contributed by atoms with Crippen LogP contribution >= 0.6 is 0 Å². The van der Waals surface area contributed by atoms with Crippen LogP contribution in [0.1, 0.15) is 41.0 Å². The normalized spacial score (nSPS) is 14.9. The Morgan fingerprint density at radius 3 is 2.06 bits per heavy atom. The Balaban J connectivity index is 4.39. The first-order valence-corrected chi connectivity index (χ1v) is 5.69. The lowest BCUT2D eigenvalue weighted by molar-refractivity contribution is -0.146. The van der Waals surface area contributed by atoms with Crippen molar-refractivity contribution in [2.24, 2.45) is 10.8 Å². The molecule has 0 aromatic carbocycles. The van der Waals surface area contributed by atoms with E-state index in [4.69, 9.17) is 10.2 Å². The Bertz CT molecular complexity index is 231. The summed E-state index contributed by atoms with van der Waals surface area (Å²) >= 11 is 0. The quantitative estimate of drug-likeness (QED) is 0.647. The number of aliphatic hydroxyl groups excluding tert-OH is 1. The zero-order chi connectivity index (χ0) is 13.0. The molecular formula is C12H25NO3. The summed E-state index contributed by atoms with van der Waals surface area (Å²) in [7, 11) is 0. The molecule has 4 nitrogen and oxygen atoms in total. The summed E-state index contributed by atoms with van der Waals surface area (Å²) in [5, 5.41) is 21.2. The van der Waals surface area contributed by atoms with Crippen molar-refractivity contribution in [1.82, 2.24) is 5.32 Å². The zero-order valence-corrected chi connectivity index (χ0v) is 11.0. The number of nitrogens with one attached hydrogen (secondary N) is 1. The highest BCUT2D eigenvalue weighted by atomic mass is 16.4. The zero-order valence-electron chi connectivity index (χ0n) is 11.0. The molecule has 16 heavy (non-hydrogen) atoms. The largest absolute Gasteiger partial charge is 0.481 e. The van der Waals surface area contributed by atoms with Gasteiger partial charge in [-0.2, -0.15) is 0 Å². The summed E-state index contributed by atoms with van der Waals surface area (Å²) in [6.07, 6.45) is 0.638. The highest BCUT2D eigenvalue weighted by Gasteiger charge is 2.30. The smallest absolute Gasteiger partial charge is 0.310 e. The fourth-order valence-electron chi connectivity index (χ4n) is 1.42. The predicted octanol–water partition coefficient (Wildman–Crippen LogP) is 1.48. The average Bonchev–Trinajstić information content (AvgIpc) is 2.09. The molecule has 96 valence electrons. The van der Waals surface area contributed by atoms with Crippen LogP contribution in [0, 0.1) is 10.8 Å². The van der Waals surface area contributed by atoms with Crippen molar-refractivity contribution in [3.63, 3.8) is 0 Å². The van der Waals surface area contributed by atoms with Gasteiger partial charge in [0.2, 0.25) is 0 Å². The van der Waals surface area contributed by atoms with E-state index in [2.05, 4.69) is 26.1 Å². The van der Waals surface area contributed by atoms with Gasteiger partial charge in [0, 0.05) is 19.2 Å². The Hall–Kier alpha value is -0.610. The predicted molar refractivity (Wildman–Crippen MR) is 64.4 cm³/mol. The molecule has 0 radical (unpaired) electrons. The van der Waals surface area contributed by atoms with Gasteiger partial charge in [-0.3, -0.25) is 4.79 Å². The van der Waals surface area contributed by atoms with Gasteiger partial charge in [0.15, 0.2) is 0 Å². The number of carboxylic acids is 1. The van der Waals surface area contributed by atoms with Crippen molar-refractivity contribution in [3.8, 4) is 0 Å². The lowest BCUT2D eigenvalue weighted by Crippen LogP contribution is -2.46. The number of carbonyl (C=O) groups is 1. The minimum absolute atomic E-state index is 0.0112. The molecule has 4 heteroatoms. The molecule has 0 saturated carbocycles. The second-order valence-electron chi connectivity index (χ2n) is 6.00. The third kappa shape index (κ3) is 4.94. The van der Waals surface area contributed by atoms with Crippen LogP contribution < -0.4 is 5.32 Å². The van der Waals surface area contributed by atoms with Crippen LogP contribution in [0.15, 0.2) is 0 Å². The van der Waals surface area contributed by atoms with E-state index in [0.29, 0.717) is 13.0 Å². The molecule has 3 N–H and O–H groups in total. The number of aliphatic carboxylic acids is 1. The fraction of sp³-hybridized carbons (Fsp3) is 0.917. The molecule has 0 saturated heterocycles. The molecule has 0 aliphatic rings. The molecule has 0 bridgehead atoms. The molecule has 0 aromatic rings. The minimum atomic E-state index is -0.809. The van der Waals surface area contributed by atoms with Crippen molar-refractivity contribution < 1.29 is 15.0 Å². The van der Waals surface area contributed by atoms with Gasteiger partial charge in [-0.1, -0.05) is 20.8 Å². The molecule has 0 fully saturated rings. The maximum absolute atomic E-state index is 11.0. The molecule has 0 aromatic heterocycles. The third-order valence-electron chi connectivity index (χ3n) is 2.83. The molecule has 1 atom stereocenters. The van der Waals surface area contributed by atoms with E-state index in [1.807, 2.05) is 0 Å². The minimum Gasteiger partial charge on any atom is -0.481 e. The standard InChI is InChI=1S/C12H25NO3/c1-11(2,3)9(6-7-14)13-8-12(4,5)10(15)16/h9,13-14H,6-8H2,1-5H3,(H,15,16). The average molecular weight is 231 g/mol. The number of hydrogen-bond acceptors (Lipinski definition) is 3. The van der Waals surface area contributed by atoms with Crippen molar-refractivity contribution in [1.29, 1.82) is 0 Å². The summed E-state index contributed by atoms with van der Waals surface area (Å²) in [6.45, 7) is 10.1. The van der Waals surface area contributed by atoms with Gasteiger partial charge in [-0.15, -0.1) is 0 Å². The monoisotopic (exact) mass is 231 g/mol. The van der Waals surface area contributed by atoms with E-state index in [-0.39, 0.29) is 18.1 Å². The van der Waals surface area contributed by atoms with Gasteiger partial charge in [0.1, 0.15) is 0 Å². The highest BCUT2D eigenvalue weighted by molar-refractivity contribution is 5.73. The number of carboxylic acid groups (broad SMARTS) is 1. The van der Waals surface area contributed by atoms with E-state index < -0.39 is 11.4 Å². The van der Waals surface area contributed by atoms with Crippen LogP contribution in [0.2, 0.25) is 0 Å². The molecule has 0 amide bonds. The molecule has 0 aliphatic carbocycles. The van der Waals surface area contributed by atoms with Crippen molar-refractivity contribution in [2.75, 3.05) is 13.2 Å². The summed E-state index contributed by atoms with van der Waals surface area (Å²) in [5.74, 6) is -0.809. The summed E-state index contributed by atoms with van der Waals surface area (Å²) in [5.41, 5.74) is -0.768. The SMILES string of the molecule is CC(C)(CNC(CCO)C(C)(C)C)C(=O)O. The Morgan fingerprint density at radius 2 is 1.75 bits per heavy atom. The van der Waals surface area contributed by atoms with E-state index in [0.717, 1.165) is 0 Å². The van der Waals surface area contributed by atoms with E-state index in [9.17, 15) is 4.79 Å².